The zero-order valence-corrected chi connectivity index (χ0v) is 13.3. The van der Waals surface area contributed by atoms with Crippen LogP contribution in [0.4, 0.5) is 4.39 Å². The van der Waals surface area contributed by atoms with Crippen molar-refractivity contribution in [3.05, 3.63) is 29.0 Å². The third kappa shape index (κ3) is 2.96. The number of piperidine rings is 1. The Morgan fingerprint density at radius 3 is 2.57 bits per heavy atom. The molecule has 2 atom stereocenters. The van der Waals surface area contributed by atoms with Gasteiger partial charge in [0.15, 0.2) is 0 Å². The molecule has 1 aliphatic carbocycles. The van der Waals surface area contributed by atoms with Gasteiger partial charge in [-0.25, -0.2) is 12.8 Å². The minimum Gasteiger partial charge on any atom is -0.207 e. The summed E-state index contributed by atoms with van der Waals surface area (Å²) in [6.45, 7) is 1.14. The van der Waals surface area contributed by atoms with E-state index in [2.05, 4.69) is 0 Å². The molecule has 3 rings (SSSR count). The Labute approximate surface area is 130 Å². The first-order valence-electron chi connectivity index (χ1n) is 7.43. The van der Waals surface area contributed by atoms with Crippen LogP contribution in [0.15, 0.2) is 23.1 Å². The number of halogens is 2. The number of fused-ring (bicyclic) bond motifs is 1. The van der Waals surface area contributed by atoms with Gasteiger partial charge in [0.25, 0.3) is 0 Å². The van der Waals surface area contributed by atoms with Gasteiger partial charge >= 0.3 is 0 Å². The van der Waals surface area contributed by atoms with Gasteiger partial charge in [-0.05, 0) is 42.9 Å². The largest absolute Gasteiger partial charge is 0.243 e. The number of sulfonamides is 1. The highest BCUT2D eigenvalue weighted by Gasteiger charge is 2.36. The van der Waals surface area contributed by atoms with Crippen LogP contribution in [0, 0.1) is 17.7 Å². The zero-order chi connectivity index (χ0) is 15.0. The fourth-order valence-corrected chi connectivity index (χ4v) is 5.36. The predicted octanol–water partition coefficient (Wildman–Crippen LogP) is 3.68. The van der Waals surface area contributed by atoms with E-state index in [-0.39, 0.29) is 9.92 Å². The van der Waals surface area contributed by atoms with Crippen molar-refractivity contribution in [1.29, 1.82) is 0 Å². The molecule has 0 amide bonds. The van der Waals surface area contributed by atoms with Crippen LogP contribution in [0.5, 0.6) is 0 Å². The van der Waals surface area contributed by atoms with Crippen molar-refractivity contribution in [3.63, 3.8) is 0 Å². The second kappa shape index (κ2) is 5.86. The van der Waals surface area contributed by atoms with Gasteiger partial charge in [0.1, 0.15) is 5.82 Å². The SMILES string of the molecule is O=S(=O)(c1ccc(F)c(Cl)c1)N1CC[C@@H]2CCCC[C@@H]2C1. The van der Waals surface area contributed by atoms with Crippen LogP contribution in [0.25, 0.3) is 0 Å². The number of rotatable bonds is 2. The van der Waals surface area contributed by atoms with Crippen molar-refractivity contribution in [2.75, 3.05) is 13.1 Å². The van der Waals surface area contributed by atoms with Crippen molar-refractivity contribution in [2.24, 2.45) is 11.8 Å². The van der Waals surface area contributed by atoms with E-state index < -0.39 is 15.8 Å². The molecule has 3 nitrogen and oxygen atoms in total. The van der Waals surface area contributed by atoms with Crippen LogP contribution in [0.3, 0.4) is 0 Å². The maximum absolute atomic E-state index is 13.2. The summed E-state index contributed by atoms with van der Waals surface area (Å²) in [6, 6.07) is 3.62. The Bertz CT molecular complexity index is 635. The smallest absolute Gasteiger partial charge is 0.207 e. The molecule has 1 aliphatic heterocycles. The number of hydrogen-bond donors (Lipinski definition) is 0. The first-order chi connectivity index (χ1) is 9.98. The lowest BCUT2D eigenvalue weighted by Crippen LogP contribution is -2.44. The van der Waals surface area contributed by atoms with E-state index in [4.69, 9.17) is 11.6 Å². The molecule has 6 heteroatoms. The van der Waals surface area contributed by atoms with Crippen molar-refractivity contribution in [2.45, 2.75) is 37.0 Å². The summed E-state index contributed by atoms with van der Waals surface area (Å²) in [5.41, 5.74) is 0. The van der Waals surface area contributed by atoms with Crippen molar-refractivity contribution < 1.29 is 12.8 Å². The monoisotopic (exact) mass is 331 g/mol. The average molecular weight is 332 g/mol. The Kier molecular flexibility index (Phi) is 4.26. The Hall–Kier alpha value is -0.650. The molecule has 0 unspecified atom stereocenters. The van der Waals surface area contributed by atoms with Gasteiger partial charge in [0.2, 0.25) is 10.0 Å². The highest BCUT2D eigenvalue weighted by molar-refractivity contribution is 7.89. The molecule has 0 bridgehead atoms. The standard InChI is InChI=1S/C15H19ClFNO2S/c16-14-9-13(5-6-15(14)17)21(19,20)18-8-7-11-3-1-2-4-12(11)10-18/h5-6,9,11-12H,1-4,7-8,10H2/t11-,12+/m0/s1. The van der Waals surface area contributed by atoms with E-state index in [0.29, 0.717) is 24.9 Å². The summed E-state index contributed by atoms with van der Waals surface area (Å²) in [7, 11) is -3.57. The number of hydrogen-bond acceptors (Lipinski definition) is 2. The second-order valence-corrected chi connectivity index (χ2v) is 8.38. The molecule has 1 aromatic carbocycles. The lowest BCUT2D eigenvalue weighted by Gasteiger charge is -2.40. The van der Waals surface area contributed by atoms with Gasteiger partial charge in [-0.15, -0.1) is 0 Å². The normalized spacial score (nSPS) is 27.3. The van der Waals surface area contributed by atoms with Crippen LogP contribution in [0.1, 0.15) is 32.1 Å². The topological polar surface area (TPSA) is 37.4 Å². The summed E-state index contributed by atoms with van der Waals surface area (Å²) in [5.74, 6) is 0.543. The lowest BCUT2D eigenvalue weighted by atomic mass is 9.76. The Balaban J connectivity index is 1.83. The summed E-state index contributed by atoms with van der Waals surface area (Å²) < 4.78 is 40.1. The first kappa shape index (κ1) is 15.3. The number of benzene rings is 1. The zero-order valence-electron chi connectivity index (χ0n) is 11.8. The minimum absolute atomic E-state index is 0.0863. The molecule has 1 saturated carbocycles. The summed E-state index contributed by atoms with van der Waals surface area (Å²) in [6.07, 6.45) is 5.72. The Morgan fingerprint density at radius 2 is 1.86 bits per heavy atom. The van der Waals surface area contributed by atoms with E-state index in [1.165, 1.54) is 31.4 Å². The van der Waals surface area contributed by atoms with Crippen molar-refractivity contribution >= 4 is 21.6 Å². The third-order valence-corrected chi connectivity index (χ3v) is 6.93. The molecule has 0 aromatic heterocycles. The molecule has 21 heavy (non-hydrogen) atoms. The predicted molar refractivity (Wildman–Crippen MR) is 80.2 cm³/mol. The molecule has 0 spiro atoms. The van der Waals surface area contributed by atoms with E-state index in [1.807, 2.05) is 0 Å². The molecule has 2 fully saturated rings. The highest BCUT2D eigenvalue weighted by atomic mass is 35.5. The summed E-state index contributed by atoms with van der Waals surface area (Å²) in [4.78, 5) is 0.0863. The molecule has 0 N–H and O–H groups in total. The molecule has 1 heterocycles. The average Bonchev–Trinajstić information content (AvgIpc) is 2.49. The molecule has 1 aromatic rings. The maximum atomic E-state index is 13.2. The van der Waals surface area contributed by atoms with Gasteiger partial charge in [-0.3, -0.25) is 0 Å². The molecule has 1 saturated heterocycles. The maximum Gasteiger partial charge on any atom is 0.243 e. The van der Waals surface area contributed by atoms with E-state index in [1.54, 1.807) is 4.31 Å². The van der Waals surface area contributed by atoms with Gasteiger partial charge < -0.3 is 0 Å². The minimum atomic E-state index is -3.57. The lowest BCUT2D eigenvalue weighted by molar-refractivity contribution is 0.136. The van der Waals surface area contributed by atoms with Crippen LogP contribution in [0.2, 0.25) is 5.02 Å². The number of nitrogens with zero attached hydrogens (tertiary/aromatic N) is 1. The van der Waals surface area contributed by atoms with E-state index in [9.17, 15) is 12.8 Å². The van der Waals surface area contributed by atoms with Gasteiger partial charge in [0.05, 0.1) is 9.92 Å². The van der Waals surface area contributed by atoms with Gasteiger partial charge in [-0.1, -0.05) is 30.9 Å². The van der Waals surface area contributed by atoms with Crippen LogP contribution >= 0.6 is 11.6 Å². The van der Waals surface area contributed by atoms with Crippen molar-refractivity contribution in [1.82, 2.24) is 4.31 Å². The molecular formula is C15H19ClFNO2S. The molecular weight excluding hydrogens is 313 g/mol. The summed E-state index contributed by atoms with van der Waals surface area (Å²) in [5, 5.41) is -0.149. The second-order valence-electron chi connectivity index (χ2n) is 6.03. The molecule has 0 radical (unpaired) electrons. The molecule has 116 valence electrons. The van der Waals surface area contributed by atoms with Crippen LogP contribution in [-0.4, -0.2) is 25.8 Å². The molecule has 2 aliphatic rings. The quantitative estimate of drug-likeness (QED) is 0.829. The fourth-order valence-electron chi connectivity index (χ4n) is 3.57. The van der Waals surface area contributed by atoms with E-state index >= 15 is 0 Å². The van der Waals surface area contributed by atoms with Gasteiger partial charge in [-0.2, -0.15) is 4.31 Å². The van der Waals surface area contributed by atoms with Crippen LogP contribution in [-0.2, 0) is 10.0 Å². The fraction of sp³-hybridized carbons (Fsp3) is 0.600. The summed E-state index contributed by atoms with van der Waals surface area (Å²) >= 11 is 5.71. The Morgan fingerprint density at radius 1 is 1.14 bits per heavy atom. The third-order valence-electron chi connectivity index (χ3n) is 4.78. The van der Waals surface area contributed by atoms with Crippen molar-refractivity contribution in [3.8, 4) is 0 Å². The highest BCUT2D eigenvalue weighted by Crippen LogP contribution is 2.37. The van der Waals surface area contributed by atoms with E-state index in [0.717, 1.165) is 18.9 Å². The first-order valence-corrected chi connectivity index (χ1v) is 9.25. The van der Waals surface area contributed by atoms with Crippen LogP contribution < -0.4 is 0 Å². The van der Waals surface area contributed by atoms with Gasteiger partial charge in [0, 0.05) is 13.1 Å².